The van der Waals surface area contributed by atoms with E-state index in [1.165, 1.54) is 12.1 Å². The number of hydrogen-bond acceptors (Lipinski definition) is 2. The second kappa shape index (κ2) is 6.08. The van der Waals surface area contributed by atoms with Gasteiger partial charge in [0, 0.05) is 18.5 Å². The number of hydrogen-bond donors (Lipinski definition) is 0. The molecule has 0 aromatic heterocycles. The summed E-state index contributed by atoms with van der Waals surface area (Å²) in [6, 6.07) is 4.66. The first-order valence-electron chi connectivity index (χ1n) is 4.66. The number of benzene rings is 1. The Bertz CT molecular complexity index is 317. The summed E-state index contributed by atoms with van der Waals surface area (Å²) in [7, 11) is 1.61. The quantitative estimate of drug-likeness (QED) is 0.770. The SMILES string of the molecule is COCC(C)Oc1cc(F)cc(CBr)c1. The molecule has 0 radical (unpaired) electrons. The third kappa shape index (κ3) is 4.18. The number of ether oxygens (including phenoxy) is 2. The van der Waals surface area contributed by atoms with E-state index in [9.17, 15) is 4.39 Å². The van der Waals surface area contributed by atoms with Crippen LogP contribution in [0.4, 0.5) is 4.39 Å². The molecule has 0 saturated carbocycles. The molecule has 1 rings (SSSR count). The van der Waals surface area contributed by atoms with Crippen molar-refractivity contribution in [1.82, 2.24) is 0 Å². The van der Waals surface area contributed by atoms with Crippen LogP contribution in [-0.4, -0.2) is 19.8 Å². The first kappa shape index (κ1) is 12.5. The molecule has 15 heavy (non-hydrogen) atoms. The Balaban J connectivity index is 2.71. The molecule has 84 valence electrons. The van der Waals surface area contributed by atoms with E-state index >= 15 is 0 Å². The molecule has 0 spiro atoms. The Morgan fingerprint density at radius 3 is 2.73 bits per heavy atom. The summed E-state index contributed by atoms with van der Waals surface area (Å²) < 4.78 is 23.5. The van der Waals surface area contributed by atoms with E-state index < -0.39 is 0 Å². The van der Waals surface area contributed by atoms with Crippen molar-refractivity contribution in [2.75, 3.05) is 13.7 Å². The summed E-state index contributed by atoms with van der Waals surface area (Å²) in [5.41, 5.74) is 0.856. The molecule has 0 N–H and O–H groups in total. The Hall–Kier alpha value is -0.610. The highest BCUT2D eigenvalue weighted by Gasteiger charge is 2.06. The lowest BCUT2D eigenvalue weighted by Crippen LogP contribution is -2.18. The minimum absolute atomic E-state index is 0.0834. The summed E-state index contributed by atoms with van der Waals surface area (Å²) in [6.45, 7) is 2.36. The van der Waals surface area contributed by atoms with Gasteiger partial charge in [0.2, 0.25) is 0 Å². The van der Waals surface area contributed by atoms with Crippen LogP contribution in [0.5, 0.6) is 5.75 Å². The number of rotatable bonds is 5. The molecule has 0 heterocycles. The van der Waals surface area contributed by atoms with E-state index in [2.05, 4.69) is 15.9 Å². The lowest BCUT2D eigenvalue weighted by atomic mass is 10.2. The molecule has 1 aromatic carbocycles. The highest BCUT2D eigenvalue weighted by molar-refractivity contribution is 9.08. The van der Waals surface area contributed by atoms with Crippen LogP contribution in [-0.2, 0) is 10.1 Å². The Labute approximate surface area is 97.5 Å². The normalized spacial score (nSPS) is 12.5. The second-order valence-electron chi connectivity index (χ2n) is 3.31. The molecule has 1 atom stereocenters. The van der Waals surface area contributed by atoms with Crippen molar-refractivity contribution >= 4 is 15.9 Å². The van der Waals surface area contributed by atoms with Gasteiger partial charge in [-0.05, 0) is 24.6 Å². The molecular formula is C11H14BrFO2. The van der Waals surface area contributed by atoms with E-state index in [4.69, 9.17) is 9.47 Å². The summed E-state index contributed by atoms with van der Waals surface area (Å²) >= 11 is 3.28. The maximum absolute atomic E-state index is 13.1. The largest absolute Gasteiger partial charge is 0.488 e. The first-order chi connectivity index (χ1) is 7.15. The minimum Gasteiger partial charge on any atom is -0.488 e. The average Bonchev–Trinajstić information content (AvgIpc) is 2.17. The van der Waals surface area contributed by atoms with Crippen LogP contribution in [0.2, 0.25) is 0 Å². The molecule has 0 aliphatic rings. The maximum atomic E-state index is 13.1. The predicted octanol–water partition coefficient (Wildman–Crippen LogP) is 3.13. The minimum atomic E-state index is -0.286. The van der Waals surface area contributed by atoms with Gasteiger partial charge in [-0.2, -0.15) is 0 Å². The fourth-order valence-electron chi connectivity index (χ4n) is 1.27. The van der Waals surface area contributed by atoms with Gasteiger partial charge in [0.15, 0.2) is 0 Å². The van der Waals surface area contributed by atoms with E-state index in [1.54, 1.807) is 7.11 Å². The van der Waals surface area contributed by atoms with Gasteiger partial charge in [0.25, 0.3) is 0 Å². The van der Waals surface area contributed by atoms with Gasteiger partial charge in [-0.3, -0.25) is 0 Å². The van der Waals surface area contributed by atoms with Crippen LogP contribution in [0.25, 0.3) is 0 Å². The highest BCUT2D eigenvalue weighted by atomic mass is 79.9. The molecule has 2 nitrogen and oxygen atoms in total. The molecule has 0 bridgehead atoms. The zero-order valence-electron chi connectivity index (χ0n) is 8.80. The highest BCUT2D eigenvalue weighted by Crippen LogP contribution is 2.19. The third-order valence-electron chi connectivity index (χ3n) is 1.82. The van der Waals surface area contributed by atoms with E-state index in [-0.39, 0.29) is 11.9 Å². The summed E-state index contributed by atoms with van der Waals surface area (Å²) in [5.74, 6) is 0.251. The van der Waals surface area contributed by atoms with Gasteiger partial charge in [0.1, 0.15) is 17.7 Å². The van der Waals surface area contributed by atoms with E-state index in [0.29, 0.717) is 17.7 Å². The first-order valence-corrected chi connectivity index (χ1v) is 5.79. The summed E-state index contributed by atoms with van der Waals surface area (Å²) in [6.07, 6.45) is -0.0834. The van der Waals surface area contributed by atoms with Crippen molar-refractivity contribution in [3.05, 3.63) is 29.6 Å². The Morgan fingerprint density at radius 2 is 2.13 bits per heavy atom. The number of methoxy groups -OCH3 is 1. The Kier molecular flexibility index (Phi) is 5.05. The molecule has 0 aliphatic carbocycles. The lowest BCUT2D eigenvalue weighted by Gasteiger charge is -2.14. The van der Waals surface area contributed by atoms with Crippen molar-refractivity contribution < 1.29 is 13.9 Å². The van der Waals surface area contributed by atoms with Crippen molar-refractivity contribution in [1.29, 1.82) is 0 Å². The predicted molar refractivity (Wildman–Crippen MR) is 61.0 cm³/mol. The fourth-order valence-corrected chi connectivity index (χ4v) is 1.59. The van der Waals surface area contributed by atoms with Crippen molar-refractivity contribution in [2.24, 2.45) is 0 Å². The van der Waals surface area contributed by atoms with Crippen LogP contribution in [0.1, 0.15) is 12.5 Å². The maximum Gasteiger partial charge on any atom is 0.127 e. The van der Waals surface area contributed by atoms with Gasteiger partial charge in [0.05, 0.1) is 6.61 Å². The second-order valence-corrected chi connectivity index (χ2v) is 3.87. The third-order valence-corrected chi connectivity index (χ3v) is 2.47. The van der Waals surface area contributed by atoms with Gasteiger partial charge in [-0.15, -0.1) is 0 Å². The van der Waals surface area contributed by atoms with Crippen LogP contribution < -0.4 is 4.74 Å². The monoisotopic (exact) mass is 276 g/mol. The van der Waals surface area contributed by atoms with Gasteiger partial charge in [-0.25, -0.2) is 4.39 Å². The molecule has 1 unspecified atom stereocenters. The van der Waals surface area contributed by atoms with Crippen LogP contribution in [0.3, 0.4) is 0 Å². The average molecular weight is 277 g/mol. The van der Waals surface area contributed by atoms with Crippen molar-refractivity contribution in [3.8, 4) is 5.75 Å². The smallest absolute Gasteiger partial charge is 0.127 e. The molecule has 0 fully saturated rings. The lowest BCUT2D eigenvalue weighted by molar-refractivity contribution is 0.0918. The van der Waals surface area contributed by atoms with Crippen molar-refractivity contribution in [2.45, 2.75) is 18.4 Å². The van der Waals surface area contributed by atoms with Gasteiger partial charge < -0.3 is 9.47 Å². The zero-order valence-corrected chi connectivity index (χ0v) is 10.4. The zero-order chi connectivity index (χ0) is 11.3. The topological polar surface area (TPSA) is 18.5 Å². The van der Waals surface area contributed by atoms with Gasteiger partial charge in [-0.1, -0.05) is 15.9 Å². The van der Waals surface area contributed by atoms with E-state index in [1.807, 2.05) is 13.0 Å². The van der Waals surface area contributed by atoms with Crippen LogP contribution >= 0.6 is 15.9 Å². The standard InChI is InChI=1S/C11H14BrFO2/c1-8(7-14-2)15-11-4-9(6-12)3-10(13)5-11/h3-5,8H,6-7H2,1-2H3. The molecular weight excluding hydrogens is 263 g/mol. The van der Waals surface area contributed by atoms with Crippen LogP contribution in [0.15, 0.2) is 18.2 Å². The van der Waals surface area contributed by atoms with Gasteiger partial charge >= 0.3 is 0 Å². The van der Waals surface area contributed by atoms with E-state index in [0.717, 1.165) is 5.56 Å². The molecule has 4 heteroatoms. The molecule has 0 aliphatic heterocycles. The fraction of sp³-hybridized carbons (Fsp3) is 0.455. The van der Waals surface area contributed by atoms with Crippen molar-refractivity contribution in [3.63, 3.8) is 0 Å². The number of alkyl halides is 1. The Morgan fingerprint density at radius 1 is 1.40 bits per heavy atom. The molecule has 1 aromatic rings. The summed E-state index contributed by atoms with van der Waals surface area (Å²) in [5, 5.41) is 0.611. The summed E-state index contributed by atoms with van der Waals surface area (Å²) in [4.78, 5) is 0. The molecule has 0 saturated heterocycles. The van der Waals surface area contributed by atoms with Crippen LogP contribution in [0, 0.1) is 5.82 Å². The molecule has 0 amide bonds. The number of halogens is 2.